The number of anilines is 1. The second-order valence-corrected chi connectivity index (χ2v) is 7.28. The van der Waals surface area contributed by atoms with Gasteiger partial charge in [0, 0.05) is 36.6 Å². The van der Waals surface area contributed by atoms with E-state index in [2.05, 4.69) is 5.32 Å². The zero-order valence-electron chi connectivity index (χ0n) is 18.5. The van der Waals surface area contributed by atoms with E-state index in [1.807, 2.05) is 67.7 Å². The molecule has 0 aliphatic heterocycles. The molecule has 0 aliphatic carbocycles. The van der Waals surface area contributed by atoms with Gasteiger partial charge in [0.2, 0.25) is 0 Å². The molecule has 4 N–H and O–H groups in total. The molecule has 0 atom stereocenters. The quantitative estimate of drug-likeness (QED) is 0.323. The fourth-order valence-corrected chi connectivity index (χ4v) is 3.58. The van der Waals surface area contributed by atoms with Crippen molar-refractivity contribution in [3.63, 3.8) is 0 Å². The lowest BCUT2D eigenvalue weighted by molar-refractivity contribution is -0.142. The minimum Gasteiger partial charge on any atom is -0.489 e. The Labute approximate surface area is 188 Å². The molecule has 0 saturated heterocycles. The largest absolute Gasteiger partial charge is 0.489 e. The van der Waals surface area contributed by atoms with Crippen molar-refractivity contribution in [2.45, 2.75) is 26.5 Å². The molecule has 0 radical (unpaired) electrons. The number of benzene rings is 3. The summed E-state index contributed by atoms with van der Waals surface area (Å²) in [5, 5.41) is 11.1. The average Bonchev–Trinajstić information content (AvgIpc) is 2.83. The van der Waals surface area contributed by atoms with Crippen molar-refractivity contribution in [2.75, 3.05) is 19.0 Å². The molecule has 0 unspecified atom stereocenters. The van der Waals surface area contributed by atoms with Crippen molar-refractivity contribution in [1.29, 1.82) is 5.41 Å². The van der Waals surface area contributed by atoms with Gasteiger partial charge in [-0.15, -0.1) is 0 Å². The monoisotopic (exact) mass is 431 g/mol. The van der Waals surface area contributed by atoms with E-state index in [-0.39, 0.29) is 12.4 Å². The van der Waals surface area contributed by atoms with Crippen LogP contribution in [0.4, 0.5) is 5.69 Å². The molecule has 3 aromatic carbocycles. The number of esters is 1. The van der Waals surface area contributed by atoms with Gasteiger partial charge in [-0.3, -0.25) is 4.79 Å². The molecule has 32 heavy (non-hydrogen) atoms. The molecule has 3 rings (SSSR count). The lowest BCUT2D eigenvalue weighted by Crippen LogP contribution is -2.09. The smallest absolute Gasteiger partial charge is 0.310 e. The lowest BCUT2D eigenvalue weighted by Gasteiger charge is -2.16. The predicted molar refractivity (Wildman–Crippen MR) is 128 cm³/mol. The molecule has 0 heterocycles. The zero-order chi connectivity index (χ0) is 22.9. The second-order valence-electron chi connectivity index (χ2n) is 7.28. The van der Waals surface area contributed by atoms with Crippen LogP contribution in [0.15, 0.2) is 60.7 Å². The number of hydrogen-bond donors (Lipinski definition) is 3. The van der Waals surface area contributed by atoms with Crippen LogP contribution in [0.3, 0.4) is 0 Å². The first-order chi connectivity index (χ1) is 15.6. The highest BCUT2D eigenvalue weighted by Crippen LogP contribution is 2.31. The first-order valence-electron chi connectivity index (χ1n) is 10.6. The molecule has 0 bridgehead atoms. The normalized spacial score (nSPS) is 10.5. The summed E-state index contributed by atoms with van der Waals surface area (Å²) in [6.07, 6.45) is 1.52. The first kappa shape index (κ1) is 23.0. The molecule has 6 nitrogen and oxygen atoms in total. The molecular formula is C26H29N3O3. The van der Waals surface area contributed by atoms with Gasteiger partial charge in [0.05, 0.1) is 13.0 Å². The molecule has 6 heteroatoms. The number of rotatable bonds is 10. The molecule has 0 aromatic heterocycles. The highest BCUT2D eigenvalue weighted by Gasteiger charge is 2.13. The van der Waals surface area contributed by atoms with Gasteiger partial charge in [-0.25, -0.2) is 0 Å². The van der Waals surface area contributed by atoms with Crippen LogP contribution in [0.2, 0.25) is 0 Å². The molecule has 0 fully saturated rings. The Kier molecular flexibility index (Phi) is 8.00. The van der Waals surface area contributed by atoms with Gasteiger partial charge in [-0.2, -0.15) is 0 Å². The van der Waals surface area contributed by atoms with E-state index < -0.39 is 0 Å². The topological polar surface area (TPSA) is 97.4 Å². The van der Waals surface area contributed by atoms with Crippen molar-refractivity contribution >= 4 is 17.9 Å². The predicted octanol–water partition coefficient (Wildman–Crippen LogP) is 4.54. The van der Waals surface area contributed by atoms with Gasteiger partial charge < -0.3 is 25.9 Å². The average molecular weight is 432 g/mol. The Morgan fingerprint density at radius 1 is 1.09 bits per heavy atom. The minimum absolute atomic E-state index is 0.162. The third-order valence-corrected chi connectivity index (χ3v) is 5.13. The second kappa shape index (κ2) is 11.1. The van der Waals surface area contributed by atoms with E-state index in [0.29, 0.717) is 25.5 Å². The van der Waals surface area contributed by atoms with Crippen LogP contribution in [0.25, 0.3) is 11.1 Å². The SMILES string of the molecule is CCOC(=O)Cc1ccccc1OCc1cc(NC)c(C=N)c(-c2cccc(CN)c2)c1. The van der Waals surface area contributed by atoms with Crippen LogP contribution in [-0.4, -0.2) is 25.8 Å². The van der Waals surface area contributed by atoms with Crippen LogP contribution in [-0.2, 0) is 29.1 Å². The third kappa shape index (κ3) is 5.53. The third-order valence-electron chi connectivity index (χ3n) is 5.13. The lowest BCUT2D eigenvalue weighted by atomic mass is 9.95. The van der Waals surface area contributed by atoms with Crippen LogP contribution >= 0.6 is 0 Å². The van der Waals surface area contributed by atoms with E-state index >= 15 is 0 Å². The summed E-state index contributed by atoms with van der Waals surface area (Å²) in [5.41, 5.74) is 12.1. The Morgan fingerprint density at radius 2 is 1.91 bits per heavy atom. The fourth-order valence-electron chi connectivity index (χ4n) is 3.58. The number of para-hydroxylation sites is 1. The highest BCUT2D eigenvalue weighted by atomic mass is 16.5. The van der Waals surface area contributed by atoms with Crippen LogP contribution in [0.5, 0.6) is 5.75 Å². The van der Waals surface area contributed by atoms with Crippen LogP contribution in [0, 0.1) is 5.41 Å². The van der Waals surface area contributed by atoms with Gasteiger partial charge in [-0.1, -0.05) is 36.4 Å². The van der Waals surface area contributed by atoms with Crippen LogP contribution in [0.1, 0.15) is 29.2 Å². The summed E-state index contributed by atoms with van der Waals surface area (Å²) < 4.78 is 11.2. The number of nitrogens with two attached hydrogens (primary N) is 1. The van der Waals surface area contributed by atoms with Crippen molar-refractivity contribution in [3.05, 3.63) is 82.9 Å². The molecule has 0 spiro atoms. The van der Waals surface area contributed by atoms with Crippen molar-refractivity contribution in [2.24, 2.45) is 5.73 Å². The van der Waals surface area contributed by atoms with E-state index in [1.54, 1.807) is 6.92 Å². The van der Waals surface area contributed by atoms with E-state index in [0.717, 1.165) is 39.1 Å². The molecule has 3 aromatic rings. The van der Waals surface area contributed by atoms with E-state index in [9.17, 15) is 4.79 Å². The maximum atomic E-state index is 11.9. The van der Waals surface area contributed by atoms with Crippen LogP contribution < -0.4 is 15.8 Å². The molecule has 166 valence electrons. The summed E-state index contributed by atoms with van der Waals surface area (Å²) in [4.78, 5) is 11.9. The Hall–Kier alpha value is -3.64. The molecule has 0 amide bonds. The van der Waals surface area contributed by atoms with E-state index in [1.165, 1.54) is 6.21 Å². The maximum absolute atomic E-state index is 11.9. The van der Waals surface area contributed by atoms with Crippen molar-refractivity contribution in [1.82, 2.24) is 0 Å². The zero-order valence-corrected chi connectivity index (χ0v) is 18.5. The van der Waals surface area contributed by atoms with Crippen molar-refractivity contribution < 1.29 is 14.3 Å². The van der Waals surface area contributed by atoms with Gasteiger partial charge in [0.1, 0.15) is 12.4 Å². The van der Waals surface area contributed by atoms with Gasteiger partial charge in [0.25, 0.3) is 0 Å². The summed E-state index contributed by atoms with van der Waals surface area (Å²) in [6, 6.07) is 19.5. The van der Waals surface area contributed by atoms with Gasteiger partial charge in [0.15, 0.2) is 0 Å². The summed E-state index contributed by atoms with van der Waals surface area (Å²) in [5.74, 6) is 0.368. The number of ether oxygens (including phenoxy) is 2. The maximum Gasteiger partial charge on any atom is 0.310 e. The highest BCUT2D eigenvalue weighted by molar-refractivity contribution is 5.96. The standard InChI is InChI=1S/C26H29N3O3/c1-3-31-26(30)14-21-8-4-5-10-25(21)32-17-19-12-22(23(16-28)24(13-19)29-2)20-9-6-7-18(11-20)15-27/h4-13,16,28-29H,3,14-15,17,27H2,1-2H3. The Morgan fingerprint density at radius 3 is 2.62 bits per heavy atom. The number of carbonyl (C=O) groups excluding carboxylic acids is 1. The first-order valence-corrected chi connectivity index (χ1v) is 10.6. The summed E-state index contributed by atoms with van der Waals surface area (Å²) in [6.45, 7) is 2.91. The Bertz CT molecular complexity index is 1100. The number of hydrogen-bond acceptors (Lipinski definition) is 6. The van der Waals surface area contributed by atoms with Crippen molar-refractivity contribution in [3.8, 4) is 16.9 Å². The van der Waals surface area contributed by atoms with Gasteiger partial charge >= 0.3 is 5.97 Å². The number of carbonyl (C=O) groups is 1. The Balaban J connectivity index is 1.91. The molecule has 0 aliphatic rings. The molecular weight excluding hydrogens is 402 g/mol. The van der Waals surface area contributed by atoms with E-state index in [4.69, 9.17) is 20.6 Å². The summed E-state index contributed by atoms with van der Waals surface area (Å²) in [7, 11) is 1.84. The summed E-state index contributed by atoms with van der Waals surface area (Å²) >= 11 is 0. The number of nitrogens with one attached hydrogen (secondary N) is 2. The van der Waals surface area contributed by atoms with Gasteiger partial charge in [-0.05, 0) is 53.4 Å². The fraction of sp³-hybridized carbons (Fsp3) is 0.231. The minimum atomic E-state index is -0.279. The molecule has 0 saturated carbocycles.